The lowest BCUT2D eigenvalue weighted by atomic mass is 9.91. The molecule has 1 aromatic heterocycles. The molecule has 144 valence electrons. The molecular weight excluding hydrogens is 336 g/mol. The molecule has 0 spiro atoms. The summed E-state index contributed by atoms with van der Waals surface area (Å²) in [6, 6.07) is 8.95. The van der Waals surface area contributed by atoms with Gasteiger partial charge in [-0.2, -0.15) is 4.98 Å². The number of nitrogens with one attached hydrogen (secondary N) is 1. The second-order valence-electron chi connectivity index (χ2n) is 8.53. The highest BCUT2D eigenvalue weighted by molar-refractivity contribution is 5.49. The van der Waals surface area contributed by atoms with E-state index in [4.69, 9.17) is 4.98 Å². The van der Waals surface area contributed by atoms with Gasteiger partial charge in [-0.25, -0.2) is 4.98 Å². The molecule has 0 unspecified atom stereocenters. The molecule has 1 fully saturated rings. The van der Waals surface area contributed by atoms with Gasteiger partial charge in [0.15, 0.2) is 0 Å². The first-order valence-electron chi connectivity index (χ1n) is 10.1. The number of hydrogen-bond donors (Lipinski definition) is 2. The molecule has 27 heavy (non-hydrogen) atoms. The van der Waals surface area contributed by atoms with Gasteiger partial charge in [0.05, 0.1) is 5.60 Å². The fraction of sp³-hybridized carbons (Fsp3) is 0.545. The van der Waals surface area contributed by atoms with Gasteiger partial charge < -0.3 is 15.3 Å². The van der Waals surface area contributed by atoms with Crippen molar-refractivity contribution in [2.75, 3.05) is 16.8 Å². The summed E-state index contributed by atoms with van der Waals surface area (Å²) >= 11 is 0. The average Bonchev–Trinajstić information content (AvgIpc) is 3.12. The maximum absolute atomic E-state index is 10.3. The number of benzene rings is 1. The Labute approximate surface area is 161 Å². The molecule has 1 aliphatic carbocycles. The van der Waals surface area contributed by atoms with Crippen LogP contribution in [0.5, 0.6) is 0 Å². The largest absolute Gasteiger partial charge is 0.386 e. The first-order chi connectivity index (χ1) is 12.9. The number of hydrogen-bond acceptors (Lipinski definition) is 5. The number of nitrogens with zero attached hydrogens (tertiary/aromatic N) is 3. The highest BCUT2D eigenvalue weighted by Gasteiger charge is 2.23. The predicted octanol–water partition coefficient (Wildman–Crippen LogP) is 3.93. The SMILES string of the molecule is Cc1cc(N2CCc3cc(C(C)(C)O)ccc3C2)nc(NC2CCCC2)n1. The van der Waals surface area contributed by atoms with Gasteiger partial charge in [0.25, 0.3) is 0 Å². The van der Waals surface area contributed by atoms with Gasteiger partial charge >= 0.3 is 0 Å². The van der Waals surface area contributed by atoms with Crippen molar-refractivity contribution in [3.8, 4) is 0 Å². The Hall–Kier alpha value is -2.14. The van der Waals surface area contributed by atoms with Gasteiger partial charge in [0.1, 0.15) is 5.82 Å². The quantitative estimate of drug-likeness (QED) is 0.858. The lowest BCUT2D eigenvalue weighted by Gasteiger charge is -2.31. The normalized spacial score (nSPS) is 17.9. The zero-order valence-electron chi connectivity index (χ0n) is 16.6. The monoisotopic (exact) mass is 366 g/mol. The smallest absolute Gasteiger partial charge is 0.225 e. The van der Waals surface area contributed by atoms with E-state index in [1.54, 1.807) is 0 Å². The van der Waals surface area contributed by atoms with Gasteiger partial charge in [-0.3, -0.25) is 0 Å². The third-order valence-corrected chi connectivity index (χ3v) is 5.78. The van der Waals surface area contributed by atoms with Gasteiger partial charge in [-0.15, -0.1) is 0 Å². The minimum absolute atomic E-state index is 0.516. The standard InChI is InChI=1S/C22H30N4O/c1-15-12-20(25-21(23-15)24-19-6-4-5-7-19)26-11-10-16-13-18(22(2,3)27)9-8-17(16)14-26/h8-9,12-13,19,27H,4-7,10-11,14H2,1-3H3,(H,23,24,25). The third-order valence-electron chi connectivity index (χ3n) is 5.78. The van der Waals surface area contributed by atoms with Crippen molar-refractivity contribution in [3.05, 3.63) is 46.6 Å². The number of anilines is 2. The zero-order chi connectivity index (χ0) is 19.0. The van der Waals surface area contributed by atoms with Crippen LogP contribution in [0.1, 0.15) is 61.9 Å². The van der Waals surface area contributed by atoms with Crippen molar-refractivity contribution in [3.63, 3.8) is 0 Å². The molecule has 5 nitrogen and oxygen atoms in total. The van der Waals surface area contributed by atoms with Crippen LogP contribution in [0.4, 0.5) is 11.8 Å². The summed E-state index contributed by atoms with van der Waals surface area (Å²) in [5, 5.41) is 13.8. The predicted molar refractivity (Wildman–Crippen MR) is 109 cm³/mol. The summed E-state index contributed by atoms with van der Waals surface area (Å²) in [7, 11) is 0. The van der Waals surface area contributed by atoms with Crippen LogP contribution in [0.25, 0.3) is 0 Å². The van der Waals surface area contributed by atoms with Gasteiger partial charge in [-0.05, 0) is 56.7 Å². The zero-order valence-corrected chi connectivity index (χ0v) is 16.6. The Bertz CT molecular complexity index is 822. The Morgan fingerprint density at radius 1 is 1.11 bits per heavy atom. The summed E-state index contributed by atoms with van der Waals surface area (Å²) in [6.07, 6.45) is 5.99. The van der Waals surface area contributed by atoms with Crippen LogP contribution >= 0.6 is 0 Å². The third kappa shape index (κ3) is 4.08. The van der Waals surface area contributed by atoms with Crippen LogP contribution in [-0.2, 0) is 18.6 Å². The van der Waals surface area contributed by atoms with Crippen molar-refractivity contribution in [1.82, 2.24) is 9.97 Å². The Kier molecular flexibility index (Phi) is 4.81. The molecule has 0 amide bonds. The summed E-state index contributed by atoms with van der Waals surface area (Å²) in [6.45, 7) is 7.50. The molecule has 0 radical (unpaired) electrons. The molecule has 0 atom stereocenters. The van der Waals surface area contributed by atoms with Crippen LogP contribution in [0.2, 0.25) is 0 Å². The molecule has 0 bridgehead atoms. The molecule has 1 aliphatic heterocycles. The minimum atomic E-state index is -0.795. The Balaban J connectivity index is 1.54. The molecule has 0 saturated heterocycles. The molecule has 2 heterocycles. The average molecular weight is 367 g/mol. The Morgan fingerprint density at radius 2 is 1.89 bits per heavy atom. The Morgan fingerprint density at radius 3 is 2.63 bits per heavy atom. The highest BCUT2D eigenvalue weighted by Crippen LogP contribution is 2.29. The van der Waals surface area contributed by atoms with E-state index in [2.05, 4.69) is 33.4 Å². The summed E-state index contributed by atoms with van der Waals surface area (Å²) in [5.41, 5.74) is 3.84. The van der Waals surface area contributed by atoms with Crippen molar-refractivity contribution < 1.29 is 5.11 Å². The molecule has 1 saturated carbocycles. The summed E-state index contributed by atoms with van der Waals surface area (Å²) < 4.78 is 0. The molecule has 1 aromatic carbocycles. The first kappa shape index (κ1) is 18.2. The van der Waals surface area contributed by atoms with Gasteiger partial charge in [0.2, 0.25) is 5.95 Å². The van der Waals surface area contributed by atoms with E-state index in [-0.39, 0.29) is 0 Å². The van der Waals surface area contributed by atoms with Gasteiger partial charge in [-0.1, -0.05) is 31.0 Å². The van der Waals surface area contributed by atoms with E-state index < -0.39 is 5.60 Å². The van der Waals surface area contributed by atoms with E-state index in [1.807, 2.05) is 26.8 Å². The molecule has 5 heteroatoms. The van der Waals surface area contributed by atoms with E-state index in [1.165, 1.54) is 36.8 Å². The number of rotatable bonds is 4. The fourth-order valence-corrected chi connectivity index (χ4v) is 4.16. The topological polar surface area (TPSA) is 61.3 Å². The summed E-state index contributed by atoms with van der Waals surface area (Å²) in [4.78, 5) is 11.7. The van der Waals surface area contributed by atoms with Crippen LogP contribution in [0.3, 0.4) is 0 Å². The summed E-state index contributed by atoms with van der Waals surface area (Å²) in [5.74, 6) is 1.76. The van der Waals surface area contributed by atoms with Crippen LogP contribution in [-0.4, -0.2) is 27.7 Å². The van der Waals surface area contributed by atoms with Crippen LogP contribution < -0.4 is 10.2 Å². The van der Waals surface area contributed by atoms with E-state index in [0.29, 0.717) is 6.04 Å². The van der Waals surface area contributed by atoms with Crippen molar-refractivity contribution in [1.29, 1.82) is 0 Å². The molecule has 2 aliphatic rings. The fourth-order valence-electron chi connectivity index (χ4n) is 4.16. The molecule has 4 rings (SSSR count). The number of aromatic nitrogens is 2. The molecule has 2 aromatic rings. The number of fused-ring (bicyclic) bond motifs is 1. The maximum atomic E-state index is 10.3. The van der Waals surface area contributed by atoms with Crippen molar-refractivity contribution in [2.45, 2.75) is 71.1 Å². The number of aliphatic hydroxyl groups is 1. The van der Waals surface area contributed by atoms with Gasteiger partial charge in [0, 0.05) is 30.9 Å². The van der Waals surface area contributed by atoms with Crippen LogP contribution in [0.15, 0.2) is 24.3 Å². The van der Waals surface area contributed by atoms with Crippen LogP contribution in [0, 0.1) is 6.92 Å². The minimum Gasteiger partial charge on any atom is -0.386 e. The van der Waals surface area contributed by atoms with E-state index in [9.17, 15) is 5.11 Å². The maximum Gasteiger partial charge on any atom is 0.225 e. The number of aryl methyl sites for hydroxylation is 1. The lowest BCUT2D eigenvalue weighted by molar-refractivity contribution is 0.0785. The van der Waals surface area contributed by atoms with Crippen molar-refractivity contribution in [2.24, 2.45) is 0 Å². The first-order valence-corrected chi connectivity index (χ1v) is 10.1. The molecule has 2 N–H and O–H groups in total. The van der Waals surface area contributed by atoms with Crippen molar-refractivity contribution >= 4 is 11.8 Å². The lowest BCUT2D eigenvalue weighted by Crippen LogP contribution is -2.32. The second kappa shape index (κ2) is 7.12. The molecular formula is C22H30N4O. The highest BCUT2D eigenvalue weighted by atomic mass is 16.3. The van der Waals surface area contributed by atoms with E-state index in [0.717, 1.165) is 42.5 Å². The second-order valence-corrected chi connectivity index (χ2v) is 8.53. The van der Waals surface area contributed by atoms with E-state index >= 15 is 0 Å².